The molecule has 0 aliphatic heterocycles. The summed E-state index contributed by atoms with van der Waals surface area (Å²) in [6.07, 6.45) is 28.4. The highest BCUT2D eigenvalue weighted by Crippen LogP contribution is 2.41. The lowest BCUT2D eigenvalue weighted by molar-refractivity contribution is -0.137. The number of carboxylic acids is 1. The Labute approximate surface area is 155 Å². The van der Waals surface area contributed by atoms with E-state index in [2.05, 4.69) is 43.4 Å². The zero-order valence-corrected chi connectivity index (χ0v) is 16.2. The van der Waals surface area contributed by atoms with Crippen LogP contribution in [0.3, 0.4) is 0 Å². The summed E-state index contributed by atoms with van der Waals surface area (Å²) in [5.41, 5.74) is 0. The average Bonchev–Trinajstić information content (AvgIpc) is 3.42. The number of unbranched alkanes of at least 4 members (excludes halogenated alkanes) is 4. The van der Waals surface area contributed by atoms with E-state index in [1.807, 2.05) is 0 Å². The predicted octanol–water partition coefficient (Wildman–Crippen LogP) is 7.08. The minimum absolute atomic E-state index is 0.274. The summed E-state index contributed by atoms with van der Waals surface area (Å²) in [6.45, 7) is 2.26. The van der Waals surface area contributed by atoms with Crippen LogP contribution in [0.25, 0.3) is 0 Å². The summed E-state index contributed by atoms with van der Waals surface area (Å²) in [5.74, 6) is 1.18. The number of hydrogen-bond acceptors (Lipinski definition) is 1. The lowest BCUT2D eigenvalue weighted by Crippen LogP contribution is -2.01. The Kier molecular flexibility index (Phi) is 13.0. The third kappa shape index (κ3) is 13.6. The van der Waals surface area contributed by atoms with E-state index >= 15 is 0 Å². The van der Waals surface area contributed by atoms with Crippen LogP contribution in [0, 0.1) is 11.8 Å². The zero-order chi connectivity index (χ0) is 18.2. The number of aliphatic carboxylic acids is 1. The van der Waals surface area contributed by atoms with E-state index in [0.717, 1.165) is 31.1 Å². The van der Waals surface area contributed by atoms with Gasteiger partial charge in [-0.1, -0.05) is 56.2 Å². The summed E-state index contributed by atoms with van der Waals surface area (Å²) >= 11 is 0. The highest BCUT2D eigenvalue weighted by atomic mass is 16.4. The molecule has 0 aromatic heterocycles. The van der Waals surface area contributed by atoms with Crippen LogP contribution in [0.5, 0.6) is 0 Å². The van der Waals surface area contributed by atoms with Gasteiger partial charge in [-0.05, 0) is 76.0 Å². The Balaban J connectivity index is 2.06. The van der Waals surface area contributed by atoms with Crippen LogP contribution in [-0.4, -0.2) is 11.1 Å². The number of rotatable bonds is 16. The third-order valence-electron chi connectivity index (χ3n) is 4.94. The van der Waals surface area contributed by atoms with Crippen molar-refractivity contribution in [2.45, 2.75) is 90.4 Å². The molecule has 2 heteroatoms. The molecule has 1 saturated carbocycles. The SMILES string of the molecule is CCCCC/C=C\C[C@@H](CC/C=C\C/C=C\CCCC(=O)O)C1CC1. The van der Waals surface area contributed by atoms with Gasteiger partial charge in [-0.15, -0.1) is 0 Å². The van der Waals surface area contributed by atoms with Crippen LogP contribution in [0.2, 0.25) is 0 Å². The van der Waals surface area contributed by atoms with E-state index in [4.69, 9.17) is 5.11 Å². The summed E-state index contributed by atoms with van der Waals surface area (Å²) in [5, 5.41) is 8.56. The van der Waals surface area contributed by atoms with Crippen LogP contribution in [0.1, 0.15) is 90.4 Å². The van der Waals surface area contributed by atoms with Gasteiger partial charge in [0, 0.05) is 6.42 Å². The quantitative estimate of drug-likeness (QED) is 0.239. The first-order chi connectivity index (χ1) is 12.2. The van der Waals surface area contributed by atoms with Gasteiger partial charge in [0.05, 0.1) is 0 Å². The fourth-order valence-corrected chi connectivity index (χ4v) is 3.20. The van der Waals surface area contributed by atoms with Crippen molar-refractivity contribution in [2.75, 3.05) is 0 Å². The number of hydrogen-bond donors (Lipinski definition) is 1. The van der Waals surface area contributed by atoms with Gasteiger partial charge in [-0.3, -0.25) is 4.79 Å². The fraction of sp³-hybridized carbons (Fsp3) is 0.696. The highest BCUT2D eigenvalue weighted by Gasteiger charge is 2.29. The lowest BCUT2D eigenvalue weighted by Gasteiger charge is -2.12. The van der Waals surface area contributed by atoms with Gasteiger partial charge >= 0.3 is 5.97 Å². The molecule has 142 valence electrons. The first-order valence-electron chi connectivity index (χ1n) is 10.4. The molecule has 1 N–H and O–H groups in total. The molecule has 0 aromatic carbocycles. The minimum atomic E-state index is -0.700. The largest absolute Gasteiger partial charge is 0.481 e. The molecule has 1 atom stereocenters. The molecule has 0 bridgehead atoms. The van der Waals surface area contributed by atoms with Crippen LogP contribution in [0.15, 0.2) is 36.5 Å². The van der Waals surface area contributed by atoms with Gasteiger partial charge in [-0.25, -0.2) is 0 Å². The Morgan fingerprint density at radius 1 is 0.960 bits per heavy atom. The summed E-state index contributed by atoms with van der Waals surface area (Å²) in [6, 6.07) is 0. The van der Waals surface area contributed by atoms with Crippen LogP contribution < -0.4 is 0 Å². The van der Waals surface area contributed by atoms with E-state index in [-0.39, 0.29) is 6.42 Å². The molecular formula is C23H38O2. The molecule has 1 fully saturated rings. The second-order valence-corrected chi connectivity index (χ2v) is 7.34. The summed E-state index contributed by atoms with van der Waals surface area (Å²) in [4.78, 5) is 10.4. The Hall–Kier alpha value is -1.31. The van der Waals surface area contributed by atoms with Crippen molar-refractivity contribution >= 4 is 5.97 Å². The van der Waals surface area contributed by atoms with Gasteiger partial charge in [0.1, 0.15) is 0 Å². The van der Waals surface area contributed by atoms with E-state index in [9.17, 15) is 4.79 Å². The normalized spacial score (nSPS) is 16.4. The number of carbonyl (C=O) groups is 1. The molecule has 0 saturated heterocycles. The molecule has 2 nitrogen and oxygen atoms in total. The molecule has 0 heterocycles. The maximum atomic E-state index is 10.4. The van der Waals surface area contributed by atoms with E-state index in [0.29, 0.717) is 0 Å². The van der Waals surface area contributed by atoms with Crippen molar-refractivity contribution in [3.63, 3.8) is 0 Å². The highest BCUT2D eigenvalue weighted by molar-refractivity contribution is 5.66. The Bertz CT molecular complexity index is 416. The van der Waals surface area contributed by atoms with Gasteiger partial charge in [0.15, 0.2) is 0 Å². The number of carboxylic acid groups (broad SMARTS) is 1. The van der Waals surface area contributed by atoms with E-state index in [1.165, 1.54) is 57.8 Å². The lowest BCUT2D eigenvalue weighted by atomic mass is 9.93. The van der Waals surface area contributed by atoms with Crippen LogP contribution >= 0.6 is 0 Å². The van der Waals surface area contributed by atoms with Gasteiger partial charge in [0.2, 0.25) is 0 Å². The smallest absolute Gasteiger partial charge is 0.303 e. The van der Waals surface area contributed by atoms with Crippen molar-refractivity contribution in [3.8, 4) is 0 Å². The topological polar surface area (TPSA) is 37.3 Å². The molecule has 0 aromatic rings. The minimum Gasteiger partial charge on any atom is -0.481 e. The van der Waals surface area contributed by atoms with Crippen LogP contribution in [0.4, 0.5) is 0 Å². The van der Waals surface area contributed by atoms with Crippen molar-refractivity contribution < 1.29 is 9.90 Å². The monoisotopic (exact) mass is 346 g/mol. The fourth-order valence-electron chi connectivity index (χ4n) is 3.20. The molecule has 1 aliphatic rings. The van der Waals surface area contributed by atoms with Crippen molar-refractivity contribution in [1.29, 1.82) is 0 Å². The van der Waals surface area contributed by atoms with E-state index < -0.39 is 5.97 Å². The molecule has 0 radical (unpaired) electrons. The van der Waals surface area contributed by atoms with Crippen molar-refractivity contribution in [2.24, 2.45) is 11.8 Å². The first-order valence-corrected chi connectivity index (χ1v) is 10.4. The molecule has 0 amide bonds. The maximum absolute atomic E-state index is 10.4. The van der Waals surface area contributed by atoms with Gasteiger partial charge < -0.3 is 5.11 Å². The summed E-state index contributed by atoms with van der Waals surface area (Å²) in [7, 11) is 0. The van der Waals surface area contributed by atoms with Gasteiger partial charge in [-0.2, -0.15) is 0 Å². The molecule has 1 aliphatic carbocycles. The van der Waals surface area contributed by atoms with Crippen LogP contribution in [-0.2, 0) is 4.79 Å². The molecule has 0 unspecified atom stereocenters. The zero-order valence-electron chi connectivity index (χ0n) is 16.2. The molecule has 25 heavy (non-hydrogen) atoms. The Morgan fingerprint density at radius 2 is 1.64 bits per heavy atom. The second kappa shape index (κ2) is 15.0. The maximum Gasteiger partial charge on any atom is 0.303 e. The van der Waals surface area contributed by atoms with E-state index in [1.54, 1.807) is 0 Å². The van der Waals surface area contributed by atoms with Crippen molar-refractivity contribution in [1.82, 2.24) is 0 Å². The summed E-state index contributed by atoms with van der Waals surface area (Å²) < 4.78 is 0. The predicted molar refractivity (Wildman–Crippen MR) is 108 cm³/mol. The Morgan fingerprint density at radius 3 is 2.32 bits per heavy atom. The molecule has 1 rings (SSSR count). The second-order valence-electron chi connectivity index (χ2n) is 7.34. The van der Waals surface area contributed by atoms with Gasteiger partial charge in [0.25, 0.3) is 0 Å². The molecule has 0 spiro atoms. The third-order valence-corrected chi connectivity index (χ3v) is 4.94. The standard InChI is InChI=1S/C23H38O2/c1-2-3-4-5-10-13-16-21(22-19-20-22)17-14-11-8-6-7-9-12-15-18-23(24)25/h7-11,13,21-22H,2-6,12,14-20H2,1H3,(H,24,25)/b9-7-,11-8-,13-10-/t21-/m0/s1. The first kappa shape index (κ1) is 21.7. The number of allylic oxidation sites excluding steroid dienone is 6. The van der Waals surface area contributed by atoms with Crippen molar-refractivity contribution in [3.05, 3.63) is 36.5 Å². The average molecular weight is 347 g/mol. The molecular weight excluding hydrogens is 308 g/mol.